The molecule has 0 saturated carbocycles. The van der Waals surface area contributed by atoms with Crippen molar-refractivity contribution in [2.75, 3.05) is 33.0 Å². The highest BCUT2D eigenvalue weighted by Crippen LogP contribution is 2.14. The summed E-state index contributed by atoms with van der Waals surface area (Å²) in [6, 6.07) is 5.14. The highest BCUT2D eigenvalue weighted by Gasteiger charge is 2.15. The van der Waals surface area contributed by atoms with Gasteiger partial charge in [0, 0.05) is 30.2 Å². The number of rotatable bonds is 9. The Morgan fingerprint density at radius 2 is 1.88 bits per heavy atom. The molecule has 0 radical (unpaired) electrons. The second-order valence-electron chi connectivity index (χ2n) is 8.09. The summed E-state index contributed by atoms with van der Waals surface area (Å²) in [6.07, 6.45) is 0.876. The summed E-state index contributed by atoms with van der Waals surface area (Å²) in [5.74, 6) is 4.53. The summed E-state index contributed by atoms with van der Waals surface area (Å²) in [4.78, 5) is 35.3. The van der Waals surface area contributed by atoms with E-state index in [9.17, 15) is 19.5 Å². The van der Waals surface area contributed by atoms with Gasteiger partial charge in [-0.25, -0.2) is 9.59 Å². The predicted molar refractivity (Wildman–Crippen MR) is 124 cm³/mol. The smallest absolute Gasteiger partial charge is 0.407 e. The molecule has 0 saturated heterocycles. The number of benzene rings is 1. The van der Waals surface area contributed by atoms with Crippen LogP contribution in [0.15, 0.2) is 29.2 Å². The number of carboxylic acids is 1. The van der Waals surface area contributed by atoms with Gasteiger partial charge in [-0.1, -0.05) is 11.8 Å². The standard InChI is InChI=1S/C24H30N2O7/c1-5-26-16-19(22(28)29)21(27)18-15-17(8-9-20(18)26)7-6-11-31-13-14-32-12-10-25-23(30)33-24(2,3)4/h8-9,15-16H,5,10-14H2,1-4H3,(H,25,30)(H,28,29). The molecule has 9 heteroatoms. The van der Waals surface area contributed by atoms with E-state index in [0.717, 1.165) is 0 Å². The first kappa shape index (κ1) is 25.9. The molecule has 9 nitrogen and oxygen atoms in total. The first-order valence-corrected chi connectivity index (χ1v) is 10.6. The van der Waals surface area contributed by atoms with Crippen LogP contribution in [-0.2, 0) is 20.8 Å². The molecule has 33 heavy (non-hydrogen) atoms. The minimum Gasteiger partial charge on any atom is -0.477 e. The number of carboxylic acid groups (broad SMARTS) is 1. The number of hydrogen-bond acceptors (Lipinski definition) is 6. The molecule has 1 amide bonds. The Morgan fingerprint density at radius 3 is 2.55 bits per heavy atom. The Kier molecular flexibility index (Phi) is 9.45. The fraction of sp³-hybridized carbons (Fsp3) is 0.458. The number of alkyl carbamates (subject to hydrolysis) is 1. The average Bonchev–Trinajstić information content (AvgIpc) is 2.74. The zero-order valence-electron chi connectivity index (χ0n) is 19.4. The molecule has 0 aliphatic carbocycles. The van der Waals surface area contributed by atoms with Gasteiger partial charge in [0.05, 0.1) is 25.3 Å². The average molecular weight is 459 g/mol. The molecule has 0 aliphatic rings. The molecule has 1 aromatic carbocycles. The lowest BCUT2D eigenvalue weighted by atomic mass is 10.1. The Bertz CT molecular complexity index is 1100. The quantitative estimate of drug-likeness (QED) is 0.438. The lowest BCUT2D eigenvalue weighted by Crippen LogP contribution is -2.34. The number of nitrogens with zero attached hydrogens (tertiary/aromatic N) is 1. The van der Waals surface area contributed by atoms with E-state index in [1.807, 2.05) is 6.92 Å². The Morgan fingerprint density at radius 1 is 1.15 bits per heavy atom. The number of aromatic carboxylic acids is 1. The van der Waals surface area contributed by atoms with Crippen LogP contribution in [0.1, 0.15) is 43.6 Å². The number of nitrogens with one attached hydrogen (secondary N) is 1. The molecule has 0 unspecified atom stereocenters. The minimum atomic E-state index is -1.25. The highest BCUT2D eigenvalue weighted by atomic mass is 16.6. The first-order valence-electron chi connectivity index (χ1n) is 10.6. The number of pyridine rings is 1. The van der Waals surface area contributed by atoms with E-state index in [0.29, 0.717) is 49.4 Å². The van der Waals surface area contributed by atoms with E-state index < -0.39 is 23.1 Å². The van der Waals surface area contributed by atoms with Crippen molar-refractivity contribution in [1.82, 2.24) is 9.88 Å². The van der Waals surface area contributed by atoms with E-state index in [1.54, 1.807) is 43.5 Å². The van der Waals surface area contributed by atoms with Gasteiger partial charge in [-0.3, -0.25) is 4.79 Å². The fourth-order valence-electron chi connectivity index (χ4n) is 2.91. The van der Waals surface area contributed by atoms with Crippen LogP contribution in [0.25, 0.3) is 10.9 Å². The van der Waals surface area contributed by atoms with Gasteiger partial charge in [-0.05, 0) is 45.9 Å². The second-order valence-corrected chi connectivity index (χ2v) is 8.09. The molecule has 1 heterocycles. The monoisotopic (exact) mass is 458 g/mol. The second kappa shape index (κ2) is 12.0. The summed E-state index contributed by atoms with van der Waals surface area (Å²) in [5.41, 5.74) is -0.0760. The number of aryl methyl sites for hydroxylation is 1. The normalized spacial score (nSPS) is 11.0. The van der Waals surface area contributed by atoms with Crippen LogP contribution >= 0.6 is 0 Å². The van der Waals surface area contributed by atoms with E-state index >= 15 is 0 Å². The molecule has 0 aliphatic heterocycles. The maximum atomic E-state index is 12.5. The summed E-state index contributed by atoms with van der Waals surface area (Å²) in [5, 5.41) is 12.2. The van der Waals surface area contributed by atoms with Crippen LogP contribution in [0.5, 0.6) is 0 Å². The first-order chi connectivity index (χ1) is 15.6. The van der Waals surface area contributed by atoms with E-state index in [2.05, 4.69) is 17.2 Å². The van der Waals surface area contributed by atoms with E-state index in [1.165, 1.54) is 6.20 Å². The molecular weight excluding hydrogens is 428 g/mol. The van der Waals surface area contributed by atoms with Crippen LogP contribution in [0.4, 0.5) is 4.79 Å². The fourth-order valence-corrected chi connectivity index (χ4v) is 2.91. The molecule has 0 atom stereocenters. The van der Waals surface area contributed by atoms with Crippen molar-refractivity contribution in [3.05, 3.63) is 45.7 Å². The molecule has 2 N–H and O–H groups in total. The van der Waals surface area contributed by atoms with E-state index in [-0.39, 0.29) is 12.2 Å². The summed E-state index contributed by atoms with van der Waals surface area (Å²) >= 11 is 0. The minimum absolute atomic E-state index is 0.173. The zero-order valence-corrected chi connectivity index (χ0v) is 19.4. The zero-order chi connectivity index (χ0) is 24.4. The number of carbonyl (C=O) groups excluding carboxylic acids is 1. The van der Waals surface area contributed by atoms with Crippen LogP contribution < -0.4 is 10.7 Å². The molecule has 2 aromatic rings. The van der Waals surface area contributed by atoms with Crippen molar-refractivity contribution in [2.45, 2.75) is 39.8 Å². The number of ether oxygens (including phenoxy) is 3. The van der Waals surface area contributed by atoms with Crippen molar-refractivity contribution in [1.29, 1.82) is 0 Å². The number of carbonyl (C=O) groups is 2. The highest BCUT2D eigenvalue weighted by molar-refractivity contribution is 5.92. The topological polar surface area (TPSA) is 116 Å². The maximum absolute atomic E-state index is 12.5. The van der Waals surface area contributed by atoms with Crippen molar-refractivity contribution in [3.63, 3.8) is 0 Å². The maximum Gasteiger partial charge on any atom is 0.407 e. The largest absolute Gasteiger partial charge is 0.477 e. The van der Waals surface area contributed by atoms with Gasteiger partial charge in [-0.2, -0.15) is 0 Å². The van der Waals surface area contributed by atoms with Crippen molar-refractivity contribution in [2.24, 2.45) is 0 Å². The Labute approximate surface area is 192 Å². The number of amides is 1. The van der Waals surface area contributed by atoms with Gasteiger partial charge in [0.1, 0.15) is 17.8 Å². The SMILES string of the molecule is CCn1cc(C(=O)O)c(=O)c2cc(C#CCOCCOCCNC(=O)OC(C)(C)C)ccc21. The van der Waals surface area contributed by atoms with Crippen molar-refractivity contribution < 1.29 is 28.9 Å². The van der Waals surface area contributed by atoms with Gasteiger partial charge >= 0.3 is 12.1 Å². The third-order valence-corrected chi connectivity index (χ3v) is 4.34. The van der Waals surface area contributed by atoms with Crippen LogP contribution in [0, 0.1) is 11.8 Å². The number of hydrogen-bond donors (Lipinski definition) is 2. The van der Waals surface area contributed by atoms with E-state index in [4.69, 9.17) is 14.2 Å². The summed E-state index contributed by atoms with van der Waals surface area (Å²) in [6.45, 7) is 9.31. The Balaban J connectivity index is 1.79. The van der Waals surface area contributed by atoms with Gasteiger partial charge in [-0.15, -0.1) is 0 Å². The molecule has 0 fully saturated rings. The van der Waals surface area contributed by atoms with Gasteiger partial charge in [0.2, 0.25) is 5.43 Å². The van der Waals surface area contributed by atoms with Crippen LogP contribution in [0.3, 0.4) is 0 Å². The van der Waals surface area contributed by atoms with Gasteiger partial charge in [0.15, 0.2) is 0 Å². The molecule has 0 spiro atoms. The lowest BCUT2D eigenvalue weighted by Gasteiger charge is -2.19. The number of aromatic nitrogens is 1. The predicted octanol–water partition coefficient (Wildman–Crippen LogP) is 2.63. The molecule has 178 valence electrons. The van der Waals surface area contributed by atoms with Crippen molar-refractivity contribution in [3.8, 4) is 11.8 Å². The Hall–Kier alpha value is -3.35. The van der Waals surface area contributed by atoms with Crippen LogP contribution in [-0.4, -0.2) is 60.3 Å². The third-order valence-electron chi connectivity index (χ3n) is 4.34. The molecule has 2 rings (SSSR count). The van der Waals surface area contributed by atoms with Gasteiger partial charge < -0.3 is 29.2 Å². The van der Waals surface area contributed by atoms with Gasteiger partial charge in [0.25, 0.3) is 0 Å². The molecule has 0 bridgehead atoms. The molecular formula is C24H30N2O7. The third kappa shape index (κ3) is 8.25. The summed E-state index contributed by atoms with van der Waals surface area (Å²) in [7, 11) is 0. The van der Waals surface area contributed by atoms with Crippen molar-refractivity contribution >= 4 is 23.0 Å². The lowest BCUT2D eigenvalue weighted by molar-refractivity contribution is 0.0443. The molecule has 1 aromatic heterocycles. The summed E-state index contributed by atoms with van der Waals surface area (Å²) < 4.78 is 17.6. The number of fused-ring (bicyclic) bond motifs is 1. The van der Waals surface area contributed by atoms with Crippen LogP contribution in [0.2, 0.25) is 0 Å².